The maximum absolute atomic E-state index is 6.87. The first-order valence-electron chi connectivity index (χ1n) is 12.6. The number of anilines is 1. The first-order valence-corrected chi connectivity index (χ1v) is 13.8. The Balaban J connectivity index is 1.12. The molecule has 4 aromatic rings. The Morgan fingerprint density at radius 2 is 1.86 bits per heavy atom. The van der Waals surface area contributed by atoms with E-state index in [1.807, 2.05) is 6.20 Å². The average Bonchev–Trinajstić information content (AvgIpc) is 3.54. The van der Waals surface area contributed by atoms with Gasteiger partial charge in [0.2, 0.25) is 0 Å². The van der Waals surface area contributed by atoms with Crippen molar-refractivity contribution in [1.29, 1.82) is 0 Å². The lowest BCUT2D eigenvalue weighted by atomic mass is 9.73. The van der Waals surface area contributed by atoms with Crippen molar-refractivity contribution in [2.45, 2.75) is 48.5 Å². The minimum atomic E-state index is -0.0169. The van der Waals surface area contributed by atoms with E-state index in [2.05, 4.69) is 64.8 Å². The van der Waals surface area contributed by atoms with E-state index in [0.29, 0.717) is 0 Å². The second kappa shape index (κ2) is 7.80. The Kier molecular flexibility index (Phi) is 4.77. The summed E-state index contributed by atoms with van der Waals surface area (Å²) in [6, 6.07) is 17.6. The van der Waals surface area contributed by atoms with E-state index in [1.54, 1.807) is 11.8 Å². The Bertz CT molecular complexity index is 1400. The minimum Gasteiger partial charge on any atom is -0.355 e. The summed E-state index contributed by atoms with van der Waals surface area (Å²) in [7, 11) is 0. The first-order chi connectivity index (χ1) is 17.1. The summed E-state index contributed by atoms with van der Waals surface area (Å²) in [5.41, 5.74) is 13.8. The number of piperidine rings is 1. The summed E-state index contributed by atoms with van der Waals surface area (Å²) < 4.78 is 0. The Morgan fingerprint density at radius 3 is 2.60 bits per heavy atom. The predicted molar refractivity (Wildman–Crippen MR) is 141 cm³/mol. The third-order valence-corrected chi connectivity index (χ3v) is 9.49. The molecule has 0 unspecified atom stereocenters. The van der Waals surface area contributed by atoms with Gasteiger partial charge in [0.25, 0.3) is 0 Å². The molecule has 0 bridgehead atoms. The van der Waals surface area contributed by atoms with Crippen LogP contribution in [0.3, 0.4) is 0 Å². The second-order valence-corrected chi connectivity index (χ2v) is 11.4. The average molecular weight is 483 g/mol. The lowest BCUT2D eigenvalue weighted by Gasteiger charge is -2.42. The molecular formula is C28H30N6S. The van der Waals surface area contributed by atoms with Gasteiger partial charge >= 0.3 is 0 Å². The molecule has 3 N–H and O–H groups in total. The van der Waals surface area contributed by atoms with Crippen LogP contribution in [-0.4, -0.2) is 39.5 Å². The van der Waals surface area contributed by atoms with Crippen molar-refractivity contribution in [2.75, 3.05) is 24.2 Å². The van der Waals surface area contributed by atoms with Crippen LogP contribution in [0, 0.1) is 5.41 Å². The first kappa shape index (κ1) is 21.4. The summed E-state index contributed by atoms with van der Waals surface area (Å²) in [6.45, 7) is 1.90. The van der Waals surface area contributed by atoms with E-state index in [4.69, 9.17) is 20.8 Å². The maximum Gasteiger partial charge on any atom is 0.176 e. The van der Waals surface area contributed by atoms with Crippen LogP contribution >= 0.6 is 11.8 Å². The zero-order chi connectivity index (χ0) is 23.6. The van der Waals surface area contributed by atoms with Crippen molar-refractivity contribution in [2.24, 2.45) is 11.1 Å². The molecule has 1 saturated heterocycles. The number of H-pyrrole nitrogens is 1. The van der Waals surface area contributed by atoms with E-state index in [0.717, 1.165) is 67.9 Å². The third-order valence-electron chi connectivity index (χ3n) is 8.76. The van der Waals surface area contributed by atoms with Gasteiger partial charge in [-0.1, -0.05) is 36.4 Å². The van der Waals surface area contributed by atoms with Crippen molar-refractivity contribution in [1.82, 2.24) is 20.2 Å². The van der Waals surface area contributed by atoms with Crippen LogP contribution in [0.5, 0.6) is 0 Å². The summed E-state index contributed by atoms with van der Waals surface area (Å²) >= 11 is 1.79. The fourth-order valence-corrected chi connectivity index (χ4v) is 6.91. The van der Waals surface area contributed by atoms with Crippen LogP contribution in [0.4, 0.5) is 5.82 Å². The van der Waals surface area contributed by atoms with E-state index < -0.39 is 0 Å². The molecule has 2 fully saturated rings. The van der Waals surface area contributed by atoms with Crippen molar-refractivity contribution in [3.63, 3.8) is 0 Å². The number of thioether (sulfide) groups is 1. The van der Waals surface area contributed by atoms with Crippen LogP contribution in [0.2, 0.25) is 0 Å². The van der Waals surface area contributed by atoms with Crippen molar-refractivity contribution < 1.29 is 0 Å². The van der Waals surface area contributed by atoms with Gasteiger partial charge in [-0.2, -0.15) is 5.10 Å². The maximum atomic E-state index is 6.87. The molecule has 178 valence electrons. The molecule has 6 nitrogen and oxygen atoms in total. The predicted octanol–water partition coefficient (Wildman–Crippen LogP) is 5.00. The fourth-order valence-electron chi connectivity index (χ4n) is 6.46. The molecule has 3 heterocycles. The molecular weight excluding hydrogens is 452 g/mol. The van der Waals surface area contributed by atoms with Gasteiger partial charge in [-0.05, 0) is 72.6 Å². The molecule has 2 aromatic heterocycles. The van der Waals surface area contributed by atoms with Crippen molar-refractivity contribution in [3.05, 3.63) is 77.1 Å². The zero-order valence-electron chi connectivity index (χ0n) is 20.0. The lowest BCUT2D eigenvalue weighted by Crippen LogP contribution is -2.44. The highest BCUT2D eigenvalue weighted by atomic mass is 32.2. The van der Waals surface area contributed by atoms with Gasteiger partial charge in [-0.25, -0.2) is 9.97 Å². The molecule has 1 atom stereocenters. The monoisotopic (exact) mass is 482 g/mol. The second-order valence-electron chi connectivity index (χ2n) is 10.5. The van der Waals surface area contributed by atoms with Crippen LogP contribution in [0.15, 0.2) is 59.6 Å². The highest BCUT2D eigenvalue weighted by Crippen LogP contribution is 2.54. The number of nitrogens with zero attached hydrogens (tertiary/aromatic N) is 4. The Hall–Kier alpha value is -2.90. The number of hydrogen-bond acceptors (Lipinski definition) is 6. The SMILES string of the molecule is CSc1ccc2c(c1)[C@@H](N)C1(CCN(c3cnc4c(C5(c6ccccc6)CC5)n[nH]c4n3)CC1)C2. The smallest absolute Gasteiger partial charge is 0.176 e. The van der Waals surface area contributed by atoms with Gasteiger partial charge in [-0.15, -0.1) is 11.8 Å². The molecule has 1 saturated carbocycles. The van der Waals surface area contributed by atoms with Crippen LogP contribution < -0.4 is 10.6 Å². The molecule has 35 heavy (non-hydrogen) atoms. The summed E-state index contributed by atoms with van der Waals surface area (Å²) in [6.07, 6.45) is 9.51. The molecule has 3 aliphatic rings. The normalized spacial score (nSPS) is 22.0. The summed E-state index contributed by atoms with van der Waals surface area (Å²) in [4.78, 5) is 13.5. The van der Waals surface area contributed by atoms with Gasteiger partial charge < -0.3 is 10.6 Å². The van der Waals surface area contributed by atoms with E-state index >= 15 is 0 Å². The summed E-state index contributed by atoms with van der Waals surface area (Å²) in [5.74, 6) is 0.931. The molecule has 2 aliphatic carbocycles. The molecule has 1 aliphatic heterocycles. The fraction of sp³-hybridized carbons (Fsp3) is 0.393. The molecule has 7 heteroatoms. The van der Waals surface area contributed by atoms with Crippen LogP contribution in [-0.2, 0) is 11.8 Å². The Morgan fingerprint density at radius 1 is 1.06 bits per heavy atom. The largest absolute Gasteiger partial charge is 0.355 e. The summed E-state index contributed by atoms with van der Waals surface area (Å²) in [5, 5.41) is 7.90. The standard InChI is InChI=1S/C28H30N6S/c1-35-20-8-7-18-16-27(24(29)21(18)15-20)11-13-34(14-12-27)22-17-30-23-25(32-33-26(23)31-22)28(9-10-28)19-5-3-2-4-6-19/h2-8,15,17,24H,9-14,16,29H2,1H3,(H,31,32,33)/t24-/m1/s1. The number of nitrogens with two attached hydrogens (primary N) is 1. The molecule has 0 amide bonds. The van der Waals surface area contributed by atoms with Crippen LogP contribution in [0.25, 0.3) is 11.2 Å². The topological polar surface area (TPSA) is 83.7 Å². The quantitative estimate of drug-likeness (QED) is 0.399. The zero-order valence-corrected chi connectivity index (χ0v) is 20.8. The van der Waals surface area contributed by atoms with E-state index in [9.17, 15) is 0 Å². The number of rotatable bonds is 4. The van der Waals surface area contributed by atoms with E-state index in [-0.39, 0.29) is 16.9 Å². The van der Waals surface area contributed by atoms with E-state index in [1.165, 1.54) is 21.6 Å². The van der Waals surface area contributed by atoms with Crippen LogP contribution in [0.1, 0.15) is 54.1 Å². The number of benzene rings is 2. The van der Waals surface area contributed by atoms with Gasteiger partial charge in [0, 0.05) is 29.4 Å². The number of aromatic amines is 1. The minimum absolute atomic E-state index is 0.0169. The van der Waals surface area contributed by atoms with Crippen molar-refractivity contribution >= 4 is 28.7 Å². The number of aromatic nitrogens is 4. The highest BCUT2D eigenvalue weighted by molar-refractivity contribution is 7.98. The van der Waals surface area contributed by atoms with Gasteiger partial charge in [0.1, 0.15) is 17.0 Å². The molecule has 1 spiro atoms. The van der Waals surface area contributed by atoms with Gasteiger partial charge in [0.15, 0.2) is 5.65 Å². The molecule has 7 rings (SSSR count). The molecule has 2 aromatic carbocycles. The number of nitrogens with one attached hydrogen (secondary N) is 1. The highest BCUT2D eigenvalue weighted by Gasteiger charge is 2.49. The van der Waals surface area contributed by atoms with Gasteiger partial charge in [-0.3, -0.25) is 5.10 Å². The van der Waals surface area contributed by atoms with Gasteiger partial charge in [0.05, 0.1) is 6.20 Å². The third kappa shape index (κ3) is 3.24. The Labute approximate surface area is 209 Å². The molecule has 0 radical (unpaired) electrons. The number of hydrogen-bond donors (Lipinski definition) is 2. The lowest BCUT2D eigenvalue weighted by molar-refractivity contribution is 0.187. The number of fused-ring (bicyclic) bond motifs is 2. The van der Waals surface area contributed by atoms with Crippen molar-refractivity contribution in [3.8, 4) is 0 Å².